The third-order valence-corrected chi connectivity index (χ3v) is 14.1. The van der Waals surface area contributed by atoms with Crippen molar-refractivity contribution in [1.82, 2.24) is 4.90 Å². The van der Waals surface area contributed by atoms with Gasteiger partial charge in [0.15, 0.2) is 0 Å². The van der Waals surface area contributed by atoms with Crippen LogP contribution in [0.25, 0.3) is 0 Å². The van der Waals surface area contributed by atoms with Crippen molar-refractivity contribution in [3.8, 4) is 0 Å². The normalized spacial score (nSPS) is 25.0. The van der Waals surface area contributed by atoms with E-state index in [-0.39, 0.29) is 12.0 Å². The van der Waals surface area contributed by atoms with Gasteiger partial charge in [0.2, 0.25) is 8.32 Å². The molecule has 1 aliphatic rings. The summed E-state index contributed by atoms with van der Waals surface area (Å²) >= 11 is 0. The van der Waals surface area contributed by atoms with Crippen LogP contribution in [0.3, 0.4) is 0 Å². The summed E-state index contributed by atoms with van der Waals surface area (Å²) in [7, 11) is -2.21. The third-order valence-electron chi connectivity index (χ3n) is 7.96. The number of carbonyl (C=O) groups is 2. The van der Waals surface area contributed by atoms with E-state index in [1.54, 1.807) is 0 Å². The zero-order valence-electron chi connectivity index (χ0n) is 24.7. The molecule has 0 bridgehead atoms. The molecule has 0 saturated carbocycles. The summed E-state index contributed by atoms with van der Waals surface area (Å²) in [4.78, 5) is 26.9. The number of cyclic esters (lactones) is 1. The van der Waals surface area contributed by atoms with E-state index < -0.39 is 38.1 Å². The van der Waals surface area contributed by atoms with E-state index in [0.717, 1.165) is 25.7 Å². The van der Waals surface area contributed by atoms with E-state index in [0.29, 0.717) is 29.0 Å². The van der Waals surface area contributed by atoms with Crippen molar-refractivity contribution in [2.45, 2.75) is 156 Å². The molecular formula is C28H55NO5Si. The Morgan fingerprint density at radius 3 is 1.97 bits per heavy atom. The first-order valence-corrected chi connectivity index (χ1v) is 16.0. The molecule has 0 spiro atoms. The molecule has 7 heteroatoms. The molecular weight excluding hydrogens is 458 g/mol. The second kappa shape index (κ2) is 12.9. The number of carbonyl (C=O) groups excluding carboxylic acids is 1. The van der Waals surface area contributed by atoms with Gasteiger partial charge in [-0.15, -0.1) is 0 Å². The van der Waals surface area contributed by atoms with Crippen LogP contribution in [0.15, 0.2) is 0 Å². The first-order valence-electron chi connectivity index (χ1n) is 13.9. The van der Waals surface area contributed by atoms with Gasteiger partial charge in [-0.25, -0.2) is 9.59 Å². The van der Waals surface area contributed by atoms with Crippen molar-refractivity contribution < 1.29 is 23.9 Å². The highest BCUT2D eigenvalue weighted by Gasteiger charge is 2.50. The van der Waals surface area contributed by atoms with Gasteiger partial charge in [-0.05, 0) is 75.4 Å². The Morgan fingerprint density at radius 1 is 1.06 bits per heavy atom. The van der Waals surface area contributed by atoms with Gasteiger partial charge >= 0.3 is 12.1 Å². The fourth-order valence-electron chi connectivity index (χ4n) is 6.38. The number of hydrogen-bond donors (Lipinski definition) is 1. The molecule has 0 aliphatic carbocycles. The zero-order valence-corrected chi connectivity index (χ0v) is 25.7. The van der Waals surface area contributed by atoms with Crippen LogP contribution in [0.4, 0.5) is 4.79 Å². The molecule has 4 atom stereocenters. The topological polar surface area (TPSA) is 76.1 Å². The Kier molecular flexibility index (Phi) is 11.8. The van der Waals surface area contributed by atoms with E-state index in [1.807, 2.05) is 27.7 Å². The van der Waals surface area contributed by atoms with Crippen molar-refractivity contribution in [1.29, 1.82) is 0 Å². The van der Waals surface area contributed by atoms with Crippen LogP contribution in [0.5, 0.6) is 0 Å². The lowest BCUT2D eigenvalue weighted by Gasteiger charge is -2.47. The lowest BCUT2D eigenvalue weighted by atomic mass is 9.86. The second-order valence-electron chi connectivity index (χ2n) is 13.0. The van der Waals surface area contributed by atoms with Crippen LogP contribution in [-0.4, -0.2) is 54.2 Å². The van der Waals surface area contributed by atoms with E-state index in [9.17, 15) is 14.7 Å². The van der Waals surface area contributed by atoms with Gasteiger partial charge in [-0.1, -0.05) is 68.2 Å². The smallest absolute Gasteiger partial charge is 0.408 e. The Bertz CT molecular complexity index is 664. The fourth-order valence-corrected chi connectivity index (χ4v) is 12.1. The first-order chi connectivity index (χ1) is 16.0. The summed E-state index contributed by atoms with van der Waals surface area (Å²) in [5.74, 6) is 0.411. The predicted molar refractivity (Wildman–Crippen MR) is 146 cm³/mol. The average Bonchev–Trinajstić information content (AvgIpc) is 2.72. The van der Waals surface area contributed by atoms with Gasteiger partial charge < -0.3 is 14.3 Å². The number of nitrogens with zero attached hydrogens (tertiary/aromatic N) is 1. The van der Waals surface area contributed by atoms with E-state index in [4.69, 9.17) is 9.16 Å². The Balaban J connectivity index is 3.47. The molecule has 0 aromatic heterocycles. The van der Waals surface area contributed by atoms with Gasteiger partial charge in [0, 0.05) is 5.54 Å². The molecule has 206 valence electrons. The minimum Gasteiger partial charge on any atom is -0.465 e. The highest BCUT2D eigenvalue weighted by molar-refractivity contribution is 6.77. The van der Waals surface area contributed by atoms with Crippen LogP contribution in [0.1, 0.15) is 115 Å². The molecule has 0 aromatic carbocycles. The molecule has 1 heterocycles. The summed E-state index contributed by atoms with van der Waals surface area (Å²) in [6.07, 6.45) is 2.58. The molecule has 1 amide bonds. The monoisotopic (exact) mass is 513 g/mol. The molecule has 1 fully saturated rings. The van der Waals surface area contributed by atoms with Crippen molar-refractivity contribution in [3.05, 3.63) is 0 Å². The van der Waals surface area contributed by atoms with Crippen molar-refractivity contribution in [2.75, 3.05) is 0 Å². The maximum Gasteiger partial charge on any atom is 0.408 e. The Morgan fingerprint density at radius 2 is 1.57 bits per heavy atom. The molecule has 1 saturated heterocycles. The number of esters is 1. The van der Waals surface area contributed by atoms with E-state index >= 15 is 0 Å². The minimum absolute atomic E-state index is 0.178. The highest BCUT2D eigenvalue weighted by Crippen LogP contribution is 2.45. The molecule has 0 radical (unpaired) electrons. The number of hydrogen-bond acceptors (Lipinski definition) is 4. The van der Waals surface area contributed by atoms with Crippen LogP contribution in [0.2, 0.25) is 16.6 Å². The zero-order chi connectivity index (χ0) is 27.3. The van der Waals surface area contributed by atoms with Crippen LogP contribution in [0, 0.1) is 11.8 Å². The number of carboxylic acid groups (broad SMARTS) is 1. The van der Waals surface area contributed by atoms with Gasteiger partial charge in [-0.2, -0.15) is 0 Å². The quantitative estimate of drug-likeness (QED) is 0.251. The molecule has 6 nitrogen and oxygen atoms in total. The summed E-state index contributed by atoms with van der Waals surface area (Å²) in [6, 6.07) is -0.804. The SMILES string of the molecule is CC(C)CC[C@H]1CCC[C@H](N(C(=O)O)C(C)(C)C)C(=O)O[C@@H](C)[C@@H]1O[Si](C(C)C)(C(C)C)C(C)C. The number of ether oxygens (including phenoxy) is 1. The Hall–Kier alpha value is -1.08. The number of amides is 1. The Labute approximate surface area is 216 Å². The van der Waals surface area contributed by atoms with Crippen molar-refractivity contribution in [3.63, 3.8) is 0 Å². The first kappa shape index (κ1) is 31.9. The molecule has 1 N–H and O–H groups in total. The highest BCUT2D eigenvalue weighted by atomic mass is 28.4. The summed E-state index contributed by atoms with van der Waals surface area (Å²) < 4.78 is 13.4. The van der Waals surface area contributed by atoms with Crippen LogP contribution >= 0.6 is 0 Å². The van der Waals surface area contributed by atoms with Crippen LogP contribution in [-0.2, 0) is 14.0 Å². The van der Waals surface area contributed by atoms with Gasteiger partial charge in [0.1, 0.15) is 12.1 Å². The maximum absolute atomic E-state index is 13.4. The summed E-state index contributed by atoms with van der Waals surface area (Å²) in [5, 5.41) is 9.96. The van der Waals surface area contributed by atoms with Crippen molar-refractivity contribution >= 4 is 20.4 Å². The summed E-state index contributed by atoms with van der Waals surface area (Å²) in [6.45, 7) is 25.6. The van der Waals surface area contributed by atoms with Crippen molar-refractivity contribution in [2.24, 2.45) is 11.8 Å². The molecule has 1 rings (SSSR count). The maximum atomic E-state index is 13.4. The van der Waals surface area contributed by atoms with Gasteiger partial charge in [-0.3, -0.25) is 4.90 Å². The predicted octanol–water partition coefficient (Wildman–Crippen LogP) is 7.86. The van der Waals surface area contributed by atoms with Gasteiger partial charge in [0.25, 0.3) is 0 Å². The van der Waals surface area contributed by atoms with E-state index in [2.05, 4.69) is 55.4 Å². The minimum atomic E-state index is -2.21. The number of rotatable bonds is 9. The fraction of sp³-hybridized carbons (Fsp3) is 0.929. The molecule has 1 aliphatic heterocycles. The molecule has 35 heavy (non-hydrogen) atoms. The van der Waals surface area contributed by atoms with E-state index in [1.165, 1.54) is 4.90 Å². The largest absolute Gasteiger partial charge is 0.465 e. The standard InChI is InChI=1S/C28H55NO5Si/c1-18(2)16-17-23-14-13-15-24(29(27(31)32)28(10,11)12)26(30)33-22(9)25(23)34-35(19(3)4,20(5)6)21(7)8/h18-25H,13-17H2,1-12H3,(H,31,32)/t22-,23+,24-,25-/m0/s1. The molecule has 0 unspecified atom stereocenters. The third kappa shape index (κ3) is 7.95. The second-order valence-corrected chi connectivity index (χ2v) is 18.5. The lowest BCUT2D eigenvalue weighted by molar-refractivity contribution is -0.162. The summed E-state index contributed by atoms with van der Waals surface area (Å²) in [5.41, 5.74) is 0.592. The molecule has 0 aromatic rings. The average molecular weight is 514 g/mol. The van der Waals surface area contributed by atoms with Crippen LogP contribution < -0.4 is 0 Å². The lowest BCUT2D eigenvalue weighted by Crippen LogP contribution is -2.56. The van der Waals surface area contributed by atoms with Gasteiger partial charge in [0.05, 0.1) is 6.10 Å².